The van der Waals surface area contributed by atoms with Crippen LogP contribution in [0.25, 0.3) is 0 Å². The van der Waals surface area contributed by atoms with Crippen molar-refractivity contribution in [3.05, 3.63) is 30.1 Å². The maximum absolute atomic E-state index is 12.3. The van der Waals surface area contributed by atoms with Crippen molar-refractivity contribution in [2.45, 2.75) is 32.0 Å². The highest BCUT2D eigenvalue weighted by Crippen LogP contribution is 2.24. The molecule has 2 fully saturated rings. The summed E-state index contributed by atoms with van der Waals surface area (Å²) in [4.78, 5) is 31.6. The predicted octanol–water partition coefficient (Wildman–Crippen LogP) is 0.0194. The first-order valence-electron chi connectivity index (χ1n) is 8.40. The number of rotatable bonds is 4. The van der Waals surface area contributed by atoms with Crippen LogP contribution < -0.4 is 5.32 Å². The number of pyridine rings is 1. The molecule has 0 unspecified atom stereocenters. The van der Waals surface area contributed by atoms with Gasteiger partial charge in [-0.15, -0.1) is 0 Å². The second-order valence-electron chi connectivity index (χ2n) is 6.34. The minimum atomic E-state index is -0.182. The van der Waals surface area contributed by atoms with Gasteiger partial charge in [-0.2, -0.15) is 0 Å². The number of morpholine rings is 1. The van der Waals surface area contributed by atoms with Gasteiger partial charge in [0.1, 0.15) is 0 Å². The number of nitrogens with one attached hydrogen (secondary N) is 1. The van der Waals surface area contributed by atoms with Crippen molar-refractivity contribution in [1.29, 1.82) is 0 Å². The largest absolute Gasteiger partial charge is 0.375 e. The summed E-state index contributed by atoms with van der Waals surface area (Å²) in [7, 11) is 0. The van der Waals surface area contributed by atoms with Crippen LogP contribution in [0.3, 0.4) is 0 Å². The van der Waals surface area contributed by atoms with Gasteiger partial charge in [0.2, 0.25) is 11.8 Å². The molecule has 2 amide bonds. The standard InChI is InChI=1S/C17H24N4O3/c1-13(22)19-10-17(23)21-7-4-16-15(12-21)20(8-9-24-16)11-14-2-5-18-6-3-14/h2-3,5-6,15-16H,4,7-12H2,1H3,(H,19,22)/t15-,16-/m0/s1. The molecule has 7 heteroatoms. The van der Waals surface area contributed by atoms with Gasteiger partial charge in [-0.05, 0) is 24.1 Å². The van der Waals surface area contributed by atoms with Gasteiger partial charge in [0.25, 0.3) is 0 Å². The Morgan fingerprint density at radius 3 is 2.88 bits per heavy atom. The van der Waals surface area contributed by atoms with E-state index >= 15 is 0 Å². The predicted molar refractivity (Wildman–Crippen MR) is 88.1 cm³/mol. The Morgan fingerprint density at radius 2 is 2.12 bits per heavy atom. The number of piperidine rings is 1. The van der Waals surface area contributed by atoms with Crippen molar-refractivity contribution in [2.75, 3.05) is 32.8 Å². The molecule has 0 saturated carbocycles. The summed E-state index contributed by atoms with van der Waals surface area (Å²) in [6.07, 6.45) is 4.61. The Balaban J connectivity index is 1.63. The zero-order valence-corrected chi connectivity index (χ0v) is 14.0. The van der Waals surface area contributed by atoms with Crippen LogP contribution in [0.15, 0.2) is 24.5 Å². The Hall–Kier alpha value is -1.99. The van der Waals surface area contributed by atoms with E-state index in [0.717, 1.165) is 26.1 Å². The van der Waals surface area contributed by atoms with Crippen LogP contribution in [0.5, 0.6) is 0 Å². The van der Waals surface area contributed by atoms with Gasteiger partial charge in [-0.25, -0.2) is 0 Å². The topological polar surface area (TPSA) is 74.8 Å². The van der Waals surface area contributed by atoms with E-state index in [1.165, 1.54) is 12.5 Å². The van der Waals surface area contributed by atoms with Crippen LogP contribution in [0, 0.1) is 0 Å². The molecule has 0 radical (unpaired) electrons. The molecule has 0 bridgehead atoms. The Morgan fingerprint density at radius 1 is 1.33 bits per heavy atom. The van der Waals surface area contributed by atoms with Crippen molar-refractivity contribution in [1.82, 2.24) is 20.1 Å². The molecule has 2 saturated heterocycles. The van der Waals surface area contributed by atoms with E-state index in [9.17, 15) is 9.59 Å². The van der Waals surface area contributed by atoms with Crippen molar-refractivity contribution in [3.8, 4) is 0 Å². The van der Waals surface area contributed by atoms with E-state index in [-0.39, 0.29) is 30.5 Å². The lowest BCUT2D eigenvalue weighted by molar-refractivity contribution is -0.143. The van der Waals surface area contributed by atoms with E-state index < -0.39 is 0 Å². The van der Waals surface area contributed by atoms with Crippen LogP contribution in [0.1, 0.15) is 18.9 Å². The number of carbonyl (C=O) groups excluding carboxylic acids is 2. The number of nitrogens with zero attached hydrogens (tertiary/aromatic N) is 3. The van der Waals surface area contributed by atoms with E-state index in [2.05, 4.69) is 15.2 Å². The van der Waals surface area contributed by atoms with E-state index in [4.69, 9.17) is 4.74 Å². The first-order chi connectivity index (χ1) is 11.6. The smallest absolute Gasteiger partial charge is 0.242 e. The molecule has 7 nitrogen and oxygen atoms in total. The molecule has 3 heterocycles. The second-order valence-corrected chi connectivity index (χ2v) is 6.34. The van der Waals surface area contributed by atoms with Crippen molar-refractivity contribution < 1.29 is 14.3 Å². The van der Waals surface area contributed by atoms with Crippen molar-refractivity contribution >= 4 is 11.8 Å². The minimum Gasteiger partial charge on any atom is -0.375 e. The molecule has 130 valence electrons. The van der Waals surface area contributed by atoms with Gasteiger partial charge in [0, 0.05) is 45.5 Å². The molecule has 2 atom stereocenters. The third-order valence-corrected chi connectivity index (χ3v) is 4.68. The van der Waals surface area contributed by atoms with Gasteiger partial charge in [0.15, 0.2) is 0 Å². The third kappa shape index (κ3) is 4.10. The molecule has 24 heavy (non-hydrogen) atoms. The number of likely N-dealkylation sites (tertiary alicyclic amines) is 1. The monoisotopic (exact) mass is 332 g/mol. The Labute approximate surface area is 142 Å². The molecule has 0 aliphatic carbocycles. The van der Waals surface area contributed by atoms with Crippen LogP contribution in [-0.2, 0) is 20.9 Å². The maximum Gasteiger partial charge on any atom is 0.242 e. The SMILES string of the molecule is CC(=O)NCC(=O)N1CC[C@@H]2OCCN(Cc3ccncc3)[C@H]2C1. The lowest BCUT2D eigenvalue weighted by atomic mass is 9.98. The van der Waals surface area contributed by atoms with Crippen LogP contribution >= 0.6 is 0 Å². The molecule has 2 aliphatic heterocycles. The number of carbonyl (C=O) groups is 2. The molecular weight excluding hydrogens is 308 g/mol. The number of hydrogen-bond acceptors (Lipinski definition) is 5. The molecule has 0 aromatic carbocycles. The first kappa shape index (κ1) is 16.9. The molecule has 3 rings (SSSR count). The molecule has 1 N–H and O–H groups in total. The lowest BCUT2D eigenvalue weighted by Crippen LogP contribution is -2.61. The number of ether oxygens (including phenoxy) is 1. The van der Waals surface area contributed by atoms with Gasteiger partial charge >= 0.3 is 0 Å². The fourth-order valence-electron chi connectivity index (χ4n) is 3.40. The maximum atomic E-state index is 12.3. The molecule has 2 aliphatic rings. The molecule has 1 aromatic heterocycles. The Bertz CT molecular complexity index is 580. The molecular formula is C17H24N4O3. The van der Waals surface area contributed by atoms with E-state index in [0.29, 0.717) is 13.1 Å². The van der Waals surface area contributed by atoms with Crippen LogP contribution in [-0.4, -0.2) is 71.5 Å². The summed E-state index contributed by atoms with van der Waals surface area (Å²) in [5.74, 6) is -0.211. The van der Waals surface area contributed by atoms with Crippen LogP contribution in [0.2, 0.25) is 0 Å². The average Bonchev–Trinajstić information content (AvgIpc) is 2.60. The molecule has 1 aromatic rings. The summed E-state index contributed by atoms with van der Waals surface area (Å²) < 4.78 is 5.91. The number of aromatic nitrogens is 1. The van der Waals surface area contributed by atoms with E-state index in [1.54, 1.807) is 12.4 Å². The highest BCUT2D eigenvalue weighted by Gasteiger charge is 2.38. The fourth-order valence-corrected chi connectivity index (χ4v) is 3.40. The normalized spacial score (nSPS) is 24.3. The minimum absolute atomic E-state index is 0.0296. The van der Waals surface area contributed by atoms with Crippen molar-refractivity contribution in [3.63, 3.8) is 0 Å². The van der Waals surface area contributed by atoms with E-state index in [1.807, 2.05) is 17.0 Å². The molecule has 0 spiro atoms. The third-order valence-electron chi connectivity index (χ3n) is 4.68. The highest BCUT2D eigenvalue weighted by atomic mass is 16.5. The quantitative estimate of drug-likeness (QED) is 0.841. The highest BCUT2D eigenvalue weighted by molar-refractivity contribution is 5.83. The second kappa shape index (κ2) is 7.72. The summed E-state index contributed by atoms with van der Waals surface area (Å²) in [6.45, 7) is 5.24. The summed E-state index contributed by atoms with van der Waals surface area (Å²) in [5.41, 5.74) is 1.22. The van der Waals surface area contributed by atoms with Crippen LogP contribution in [0.4, 0.5) is 0 Å². The lowest BCUT2D eigenvalue weighted by Gasteiger charge is -2.47. The Kier molecular flexibility index (Phi) is 5.42. The number of fused-ring (bicyclic) bond motifs is 1. The fraction of sp³-hybridized carbons (Fsp3) is 0.588. The van der Waals surface area contributed by atoms with Gasteiger partial charge in [-0.3, -0.25) is 19.5 Å². The van der Waals surface area contributed by atoms with Gasteiger partial charge < -0.3 is 15.0 Å². The zero-order valence-electron chi connectivity index (χ0n) is 14.0. The average molecular weight is 332 g/mol. The summed E-state index contributed by atoms with van der Waals surface area (Å²) >= 11 is 0. The number of amides is 2. The summed E-state index contributed by atoms with van der Waals surface area (Å²) in [5, 5.41) is 2.58. The summed E-state index contributed by atoms with van der Waals surface area (Å²) in [6, 6.07) is 4.24. The first-order valence-corrected chi connectivity index (χ1v) is 8.40. The number of hydrogen-bond donors (Lipinski definition) is 1. The van der Waals surface area contributed by atoms with Crippen molar-refractivity contribution in [2.24, 2.45) is 0 Å². The van der Waals surface area contributed by atoms with Gasteiger partial charge in [0.05, 0.1) is 25.3 Å². The van der Waals surface area contributed by atoms with Gasteiger partial charge in [-0.1, -0.05) is 0 Å². The zero-order chi connectivity index (χ0) is 16.9.